The van der Waals surface area contributed by atoms with Crippen molar-refractivity contribution in [2.24, 2.45) is 0 Å². The van der Waals surface area contributed by atoms with Crippen LogP contribution < -0.4 is 9.80 Å². The Hall–Kier alpha value is -10.3. The van der Waals surface area contributed by atoms with Crippen LogP contribution >= 0.6 is 0 Å². The molecule has 0 unspecified atom stereocenters. The van der Waals surface area contributed by atoms with Gasteiger partial charge in [-0.25, -0.2) is 0 Å². The van der Waals surface area contributed by atoms with Gasteiger partial charge in [0.25, 0.3) is 0 Å². The van der Waals surface area contributed by atoms with E-state index in [0.717, 1.165) is 67.3 Å². The summed E-state index contributed by atoms with van der Waals surface area (Å²) in [7, 11) is 0. The second-order valence-corrected chi connectivity index (χ2v) is 20.6. The molecule has 16 aromatic rings. The number of hydrogen-bond donors (Lipinski definition) is 0. The summed E-state index contributed by atoms with van der Waals surface area (Å²) >= 11 is 0. The number of aromatic nitrogens is 4. The molecule has 366 valence electrons. The minimum absolute atomic E-state index is 0.948. The van der Waals surface area contributed by atoms with Gasteiger partial charge in [0, 0.05) is 78.2 Å². The highest BCUT2D eigenvalue weighted by molar-refractivity contribution is 6.30. The van der Waals surface area contributed by atoms with Crippen LogP contribution in [0.25, 0.3) is 109 Å². The van der Waals surface area contributed by atoms with Gasteiger partial charge in [0.1, 0.15) is 0 Å². The molecule has 0 aliphatic carbocycles. The number of nitrogens with zero attached hydrogens (tertiary/aromatic N) is 6. The number of aryl methyl sites for hydroxylation is 2. The van der Waals surface area contributed by atoms with Gasteiger partial charge in [0.15, 0.2) is 0 Å². The molecular formula is C72H48N6. The Morgan fingerprint density at radius 1 is 0.282 bits per heavy atom. The monoisotopic (exact) mass is 996 g/mol. The Labute approximate surface area is 449 Å². The van der Waals surface area contributed by atoms with Gasteiger partial charge in [-0.1, -0.05) is 121 Å². The first kappa shape index (κ1) is 44.0. The molecule has 0 fully saturated rings. The van der Waals surface area contributed by atoms with E-state index in [1.165, 1.54) is 87.1 Å². The first-order valence-corrected chi connectivity index (χ1v) is 26.7. The van der Waals surface area contributed by atoms with E-state index in [0.29, 0.717) is 0 Å². The zero-order valence-corrected chi connectivity index (χ0v) is 42.9. The molecule has 4 heterocycles. The van der Waals surface area contributed by atoms with Crippen molar-refractivity contribution < 1.29 is 0 Å². The standard InChI is InChI=1S/C72H48N6/c1-45-43-69(77(67-27-13-22-62-58(67)20-14-41-73-62)49-32-28-47(29-33-49)75-63-23-9-4-15-53(63)54-16-5-10-24-64(54)75)59-38-36-52-46(2)44-70(60-39-37-51(45)71(59)72(52)60)78(68-40-42-74-61-21-8-3-19-57(61)68)50-34-30-48(31-35-50)76-65-25-11-6-17-55(65)56-18-7-12-26-66(56)76/h3-44H,1-2H3. The largest absolute Gasteiger partial charge is 0.309 e. The summed E-state index contributed by atoms with van der Waals surface area (Å²) in [6, 6.07) is 88.7. The molecule has 0 amide bonds. The maximum absolute atomic E-state index is 4.87. The molecule has 6 nitrogen and oxygen atoms in total. The topological polar surface area (TPSA) is 42.1 Å². The third kappa shape index (κ3) is 6.50. The number of hydrogen-bond acceptors (Lipinski definition) is 4. The van der Waals surface area contributed by atoms with Crippen molar-refractivity contribution in [2.45, 2.75) is 13.8 Å². The SMILES string of the molecule is Cc1cc(N(c2ccc(-n3c4ccccc4c4ccccc43)cc2)c2cccc3ncccc23)c2ccc3c(C)cc(N(c4ccc(-n5c6ccccc6c6ccccc65)cc4)c4ccnc5ccccc45)c4ccc1c2c34. The molecular weight excluding hydrogens is 949 g/mol. The second kappa shape index (κ2) is 17.1. The van der Waals surface area contributed by atoms with Crippen LogP contribution in [0.4, 0.5) is 34.1 Å². The minimum Gasteiger partial charge on any atom is -0.309 e. The fourth-order valence-corrected chi connectivity index (χ4v) is 12.9. The highest BCUT2D eigenvalue weighted by Crippen LogP contribution is 2.51. The number of anilines is 6. The van der Waals surface area contributed by atoms with E-state index in [1.807, 2.05) is 18.5 Å². The third-order valence-corrected chi connectivity index (χ3v) is 16.4. The van der Waals surface area contributed by atoms with Crippen molar-refractivity contribution in [3.05, 3.63) is 266 Å². The normalized spacial score (nSPS) is 12.0. The van der Waals surface area contributed by atoms with Gasteiger partial charge in [-0.15, -0.1) is 0 Å². The number of pyridine rings is 2. The molecule has 78 heavy (non-hydrogen) atoms. The van der Waals surface area contributed by atoms with Crippen LogP contribution in [0.15, 0.2) is 255 Å². The fraction of sp³-hybridized carbons (Fsp3) is 0.0278. The van der Waals surface area contributed by atoms with E-state index in [4.69, 9.17) is 9.97 Å². The average molecular weight is 997 g/mol. The van der Waals surface area contributed by atoms with Gasteiger partial charge in [-0.2, -0.15) is 0 Å². The van der Waals surface area contributed by atoms with Gasteiger partial charge in [-0.3, -0.25) is 9.97 Å². The van der Waals surface area contributed by atoms with Crippen molar-refractivity contribution >= 4 is 132 Å². The van der Waals surface area contributed by atoms with E-state index in [9.17, 15) is 0 Å². The van der Waals surface area contributed by atoms with Gasteiger partial charge < -0.3 is 18.9 Å². The van der Waals surface area contributed by atoms with Gasteiger partial charge in [0.2, 0.25) is 0 Å². The van der Waals surface area contributed by atoms with Crippen LogP contribution in [0.5, 0.6) is 0 Å². The van der Waals surface area contributed by atoms with E-state index >= 15 is 0 Å². The molecule has 4 aromatic heterocycles. The zero-order chi connectivity index (χ0) is 51.6. The van der Waals surface area contributed by atoms with Gasteiger partial charge in [-0.05, 0) is 168 Å². The maximum atomic E-state index is 4.87. The van der Waals surface area contributed by atoms with Crippen LogP contribution in [-0.2, 0) is 0 Å². The summed E-state index contributed by atoms with van der Waals surface area (Å²) in [5.41, 5.74) is 17.7. The summed E-state index contributed by atoms with van der Waals surface area (Å²) in [5.74, 6) is 0. The highest BCUT2D eigenvalue weighted by Gasteiger charge is 2.26. The molecule has 0 radical (unpaired) electrons. The fourth-order valence-electron chi connectivity index (χ4n) is 12.9. The minimum atomic E-state index is 0.948. The molecule has 0 spiro atoms. The first-order chi connectivity index (χ1) is 38.6. The van der Waals surface area contributed by atoms with Crippen molar-refractivity contribution in [1.82, 2.24) is 19.1 Å². The van der Waals surface area contributed by atoms with Gasteiger partial charge >= 0.3 is 0 Å². The quantitative estimate of drug-likeness (QED) is 0.142. The second-order valence-electron chi connectivity index (χ2n) is 20.6. The number of fused-ring (bicyclic) bond motifs is 8. The van der Waals surface area contributed by atoms with E-state index in [-0.39, 0.29) is 0 Å². The van der Waals surface area contributed by atoms with Crippen LogP contribution in [0.1, 0.15) is 11.1 Å². The van der Waals surface area contributed by atoms with Crippen molar-refractivity contribution in [3.8, 4) is 11.4 Å². The third-order valence-electron chi connectivity index (χ3n) is 16.4. The van der Waals surface area contributed by atoms with E-state index in [1.54, 1.807) is 0 Å². The highest BCUT2D eigenvalue weighted by atomic mass is 15.2. The Bertz CT molecular complexity index is 4630. The first-order valence-electron chi connectivity index (χ1n) is 26.7. The van der Waals surface area contributed by atoms with E-state index in [2.05, 4.69) is 269 Å². The number of benzene rings is 12. The lowest BCUT2D eigenvalue weighted by Crippen LogP contribution is -2.13. The molecule has 0 N–H and O–H groups in total. The smallest absolute Gasteiger partial charge is 0.0723 e. The predicted octanol–water partition coefficient (Wildman–Crippen LogP) is 19.4. The zero-order valence-electron chi connectivity index (χ0n) is 42.9. The summed E-state index contributed by atoms with van der Waals surface area (Å²) in [4.78, 5) is 14.7. The molecule has 16 rings (SSSR count). The lowest BCUT2D eigenvalue weighted by Gasteiger charge is -2.31. The Kier molecular flexibility index (Phi) is 9.66. The lowest BCUT2D eigenvalue weighted by atomic mass is 9.88. The van der Waals surface area contributed by atoms with E-state index < -0.39 is 0 Å². The van der Waals surface area contributed by atoms with Crippen LogP contribution in [0.2, 0.25) is 0 Å². The lowest BCUT2D eigenvalue weighted by molar-refractivity contribution is 1.17. The molecule has 0 atom stereocenters. The van der Waals surface area contributed by atoms with Gasteiger partial charge in [0.05, 0.1) is 55.8 Å². The molecule has 0 saturated carbocycles. The molecule has 0 aliphatic heterocycles. The summed E-state index contributed by atoms with van der Waals surface area (Å²) < 4.78 is 4.78. The number of rotatable bonds is 8. The molecule has 12 aromatic carbocycles. The molecule has 0 bridgehead atoms. The molecule has 0 aliphatic rings. The maximum Gasteiger partial charge on any atom is 0.0723 e. The van der Waals surface area contributed by atoms with Crippen molar-refractivity contribution in [2.75, 3.05) is 9.80 Å². The Morgan fingerprint density at radius 2 is 0.654 bits per heavy atom. The molecule has 0 saturated heterocycles. The summed E-state index contributed by atoms with van der Waals surface area (Å²) in [6.45, 7) is 4.54. The van der Waals surface area contributed by atoms with Crippen molar-refractivity contribution in [1.29, 1.82) is 0 Å². The Morgan fingerprint density at radius 3 is 1.13 bits per heavy atom. The van der Waals surface area contributed by atoms with Crippen molar-refractivity contribution in [3.63, 3.8) is 0 Å². The predicted molar refractivity (Wildman–Crippen MR) is 328 cm³/mol. The summed E-state index contributed by atoms with van der Waals surface area (Å²) in [5, 5.41) is 14.5. The Balaban J connectivity index is 0.918. The van der Waals surface area contributed by atoms with Crippen LogP contribution in [-0.4, -0.2) is 19.1 Å². The summed E-state index contributed by atoms with van der Waals surface area (Å²) in [6.07, 6.45) is 3.83. The van der Waals surface area contributed by atoms with Crippen LogP contribution in [0.3, 0.4) is 0 Å². The number of para-hydroxylation sites is 5. The average Bonchev–Trinajstić information content (AvgIpc) is 4.12. The molecule has 6 heteroatoms. The van der Waals surface area contributed by atoms with Crippen LogP contribution in [0, 0.1) is 13.8 Å².